The molecule has 0 aliphatic carbocycles. The van der Waals surface area contributed by atoms with Crippen molar-refractivity contribution in [3.8, 4) is 11.4 Å². The van der Waals surface area contributed by atoms with Crippen LogP contribution >= 0.6 is 0 Å². The number of benzene rings is 5. The highest BCUT2D eigenvalue weighted by atomic mass is 28.4. The van der Waals surface area contributed by atoms with Crippen LogP contribution in [0.4, 0.5) is 5.69 Å². The zero-order valence-electron chi connectivity index (χ0n) is 35.1. The predicted molar refractivity (Wildman–Crippen MR) is 241 cm³/mol. The normalized spacial score (nSPS) is 22.0. The number of aromatic nitrogens is 4. The van der Waals surface area contributed by atoms with Crippen LogP contribution in [0.2, 0.25) is 18.6 Å². The van der Waals surface area contributed by atoms with Gasteiger partial charge in [-0.1, -0.05) is 79.7 Å². The SMILES string of the molecule is C[C@@H]1[C@@H]([Si](C)(C)O)[C@H](CC(=O)N2Cc3ccccc3C[C@H]2CO)O[C@@]12C(=O)N(Cc1ccc(-n3ncc4ccccc4c3=O)cc1)c1ccc(-n3ncc4ccccc4c3=O)cc12. The highest BCUT2D eigenvalue weighted by molar-refractivity contribution is 6.71. The average Bonchev–Trinajstić information content (AvgIpc) is 3.71. The molecule has 0 radical (unpaired) electrons. The third kappa shape index (κ3) is 6.63. The van der Waals surface area contributed by atoms with E-state index in [4.69, 9.17) is 4.74 Å². The molecule has 2 aromatic heterocycles. The molecule has 2 amide bonds. The molecule has 1 saturated heterocycles. The van der Waals surface area contributed by atoms with Gasteiger partial charge in [0.1, 0.15) is 0 Å². The number of hydrogen-bond donors (Lipinski definition) is 2. The number of aliphatic hydroxyl groups is 1. The van der Waals surface area contributed by atoms with Gasteiger partial charge in [-0.3, -0.25) is 19.2 Å². The van der Waals surface area contributed by atoms with E-state index < -0.39 is 37.5 Å². The Hall–Kier alpha value is -6.58. The number of carbonyl (C=O) groups excluding carboxylic acids is 2. The van der Waals surface area contributed by atoms with Crippen LogP contribution in [0.15, 0.2) is 137 Å². The first-order valence-electron chi connectivity index (χ1n) is 21.2. The molecular formula is C49H46N6O7Si. The molecule has 10 rings (SSSR count). The lowest BCUT2D eigenvalue weighted by Gasteiger charge is -2.37. The molecule has 3 aliphatic heterocycles. The predicted octanol–water partition coefficient (Wildman–Crippen LogP) is 5.77. The minimum Gasteiger partial charge on any atom is -0.432 e. The zero-order valence-corrected chi connectivity index (χ0v) is 36.1. The van der Waals surface area contributed by atoms with Crippen molar-refractivity contribution >= 4 is 47.4 Å². The number of amides is 2. The van der Waals surface area contributed by atoms with Crippen molar-refractivity contribution in [2.45, 2.75) is 69.2 Å². The standard InChI is InChI=1S/C49H46N6O7Si/c1-30-45(63(2,3)61)43(24-44(57)52-28-35-13-5-4-10-32(35)22-38(52)29-56)62-49(30)41-23-37(55-47(59)40-15-9-7-12-34(40)26-51-55)20-21-42(41)53(48(49)60)27-31-16-18-36(19-17-31)54-46(58)39-14-8-6-11-33(39)25-50-54/h4-21,23,25-26,30,38,43,45,56,61H,22,24,27-29H2,1-3H3/t30-,38+,43+,45-,49+/m1/s1. The molecule has 2 N–H and O–H groups in total. The number of hydrogen-bond acceptors (Lipinski definition) is 9. The quantitative estimate of drug-likeness (QED) is 0.181. The van der Waals surface area contributed by atoms with Gasteiger partial charge in [0.15, 0.2) is 13.9 Å². The molecule has 0 unspecified atom stereocenters. The Labute approximate surface area is 363 Å². The first-order valence-corrected chi connectivity index (χ1v) is 24.3. The van der Waals surface area contributed by atoms with E-state index in [0.717, 1.165) is 22.1 Å². The Morgan fingerprint density at radius 1 is 0.794 bits per heavy atom. The minimum absolute atomic E-state index is 0.107. The number of carbonyl (C=O) groups is 2. The number of aliphatic hydroxyl groups excluding tert-OH is 1. The molecule has 0 saturated carbocycles. The molecule has 1 fully saturated rings. The third-order valence-electron chi connectivity index (χ3n) is 13.4. The topological polar surface area (TPSA) is 160 Å². The van der Waals surface area contributed by atoms with E-state index in [9.17, 15) is 24.3 Å². The van der Waals surface area contributed by atoms with E-state index in [1.54, 1.807) is 70.7 Å². The van der Waals surface area contributed by atoms with Gasteiger partial charge in [-0.2, -0.15) is 19.6 Å². The van der Waals surface area contributed by atoms with Gasteiger partial charge in [0.25, 0.3) is 17.0 Å². The summed E-state index contributed by atoms with van der Waals surface area (Å²) in [6, 6.07) is 34.6. The van der Waals surface area contributed by atoms with Crippen molar-refractivity contribution in [1.29, 1.82) is 0 Å². The second-order valence-electron chi connectivity index (χ2n) is 17.6. The van der Waals surface area contributed by atoms with Gasteiger partial charge in [0, 0.05) is 34.3 Å². The highest BCUT2D eigenvalue weighted by Crippen LogP contribution is 2.60. The molecular weight excluding hydrogens is 813 g/mol. The Morgan fingerprint density at radius 3 is 2.02 bits per heavy atom. The largest absolute Gasteiger partial charge is 0.432 e. The molecule has 13 nitrogen and oxygen atoms in total. The molecule has 3 aliphatic rings. The maximum atomic E-state index is 15.5. The average molecular weight is 859 g/mol. The van der Waals surface area contributed by atoms with Crippen LogP contribution in [-0.4, -0.2) is 73.2 Å². The molecule has 5 aromatic carbocycles. The van der Waals surface area contributed by atoms with Gasteiger partial charge >= 0.3 is 0 Å². The second-order valence-corrected chi connectivity index (χ2v) is 21.5. The Morgan fingerprint density at radius 2 is 1.38 bits per heavy atom. The highest BCUT2D eigenvalue weighted by Gasteiger charge is 2.66. The monoisotopic (exact) mass is 858 g/mol. The van der Waals surface area contributed by atoms with Crippen molar-refractivity contribution in [3.05, 3.63) is 171 Å². The van der Waals surface area contributed by atoms with E-state index in [2.05, 4.69) is 10.2 Å². The van der Waals surface area contributed by atoms with Crippen LogP contribution in [-0.2, 0) is 39.4 Å². The molecule has 5 atom stereocenters. The second kappa shape index (κ2) is 15.3. The van der Waals surface area contributed by atoms with Crippen LogP contribution in [0, 0.1) is 5.92 Å². The maximum absolute atomic E-state index is 15.5. The van der Waals surface area contributed by atoms with E-state index in [-0.39, 0.29) is 42.5 Å². The third-order valence-corrected chi connectivity index (χ3v) is 15.9. The number of ether oxygens (including phenoxy) is 1. The zero-order chi connectivity index (χ0) is 43.8. The smallest absolute Gasteiger partial charge is 0.279 e. The lowest BCUT2D eigenvalue weighted by molar-refractivity contribution is -0.151. The van der Waals surface area contributed by atoms with Gasteiger partial charge in [-0.05, 0) is 78.7 Å². The van der Waals surface area contributed by atoms with Crippen molar-refractivity contribution in [1.82, 2.24) is 24.5 Å². The molecule has 1 spiro atoms. The summed E-state index contributed by atoms with van der Waals surface area (Å²) in [7, 11) is -3.18. The van der Waals surface area contributed by atoms with E-state index in [1.165, 1.54) is 9.36 Å². The fraction of sp³-hybridized carbons (Fsp3) is 0.265. The summed E-state index contributed by atoms with van der Waals surface area (Å²) in [6.45, 7) is 5.79. The van der Waals surface area contributed by atoms with Crippen LogP contribution in [0.25, 0.3) is 32.9 Å². The van der Waals surface area contributed by atoms with Crippen LogP contribution in [0.1, 0.15) is 35.6 Å². The lowest BCUT2D eigenvalue weighted by atomic mass is 9.82. The summed E-state index contributed by atoms with van der Waals surface area (Å²) < 4.78 is 9.77. The van der Waals surface area contributed by atoms with Crippen LogP contribution in [0.5, 0.6) is 0 Å². The van der Waals surface area contributed by atoms with Crippen molar-refractivity contribution in [2.24, 2.45) is 5.92 Å². The fourth-order valence-corrected chi connectivity index (χ4v) is 12.9. The molecule has 14 heteroatoms. The first kappa shape index (κ1) is 40.5. The molecule has 63 heavy (non-hydrogen) atoms. The van der Waals surface area contributed by atoms with E-state index in [1.807, 2.05) is 86.7 Å². The van der Waals surface area contributed by atoms with Gasteiger partial charge in [-0.25, -0.2) is 0 Å². The Kier molecular flexibility index (Phi) is 9.86. The molecule has 7 aromatic rings. The first-order chi connectivity index (χ1) is 30.4. The summed E-state index contributed by atoms with van der Waals surface area (Å²) in [5, 5.41) is 21.9. The van der Waals surface area contributed by atoms with Crippen molar-refractivity contribution < 1.29 is 24.2 Å². The molecule has 5 heterocycles. The Balaban J connectivity index is 1.04. The summed E-state index contributed by atoms with van der Waals surface area (Å²) in [5.41, 5.74) is 2.18. The maximum Gasteiger partial charge on any atom is 0.279 e. The minimum atomic E-state index is -3.18. The van der Waals surface area contributed by atoms with Gasteiger partial charge in [0.05, 0.1) is 71.9 Å². The van der Waals surface area contributed by atoms with Gasteiger partial charge in [0.2, 0.25) is 5.91 Å². The summed E-state index contributed by atoms with van der Waals surface area (Å²) >= 11 is 0. The summed E-state index contributed by atoms with van der Waals surface area (Å²) in [6.07, 6.45) is 2.85. The molecule has 318 valence electrons. The van der Waals surface area contributed by atoms with Crippen molar-refractivity contribution in [2.75, 3.05) is 11.5 Å². The number of nitrogens with zero attached hydrogens (tertiary/aromatic N) is 6. The fourth-order valence-electron chi connectivity index (χ4n) is 10.4. The van der Waals surface area contributed by atoms with Crippen LogP contribution < -0.4 is 16.0 Å². The Bertz CT molecular complexity index is 3090. The summed E-state index contributed by atoms with van der Waals surface area (Å²) in [4.78, 5) is 72.6. The number of fused-ring (bicyclic) bond motifs is 5. The van der Waals surface area contributed by atoms with Gasteiger partial charge < -0.3 is 24.4 Å². The van der Waals surface area contributed by atoms with E-state index in [0.29, 0.717) is 51.7 Å². The van der Waals surface area contributed by atoms with Crippen LogP contribution in [0.3, 0.4) is 0 Å². The lowest BCUT2D eigenvalue weighted by Crippen LogP contribution is -2.48. The van der Waals surface area contributed by atoms with Crippen molar-refractivity contribution in [3.63, 3.8) is 0 Å². The number of anilines is 1. The molecule has 0 bridgehead atoms. The van der Waals surface area contributed by atoms with E-state index >= 15 is 4.79 Å². The number of rotatable bonds is 8. The van der Waals surface area contributed by atoms with Gasteiger partial charge in [-0.15, -0.1) is 0 Å². The summed E-state index contributed by atoms with van der Waals surface area (Å²) in [5.74, 6) is -1.18.